The van der Waals surface area contributed by atoms with Gasteiger partial charge in [-0.25, -0.2) is 4.68 Å². The number of benzene rings is 1. The van der Waals surface area contributed by atoms with Gasteiger partial charge in [-0.3, -0.25) is 4.79 Å². The zero-order valence-corrected chi connectivity index (χ0v) is 9.37. The summed E-state index contributed by atoms with van der Waals surface area (Å²) in [6.07, 6.45) is 1.49. The molecule has 1 heterocycles. The molecule has 0 bridgehead atoms. The van der Waals surface area contributed by atoms with Crippen LogP contribution in [0.5, 0.6) is 0 Å². The lowest BCUT2D eigenvalue weighted by atomic mass is 10.1. The number of nitrogens with zero attached hydrogens (tertiary/aromatic N) is 3. The predicted octanol–water partition coefficient (Wildman–Crippen LogP) is 0.386. The molecule has 0 radical (unpaired) electrons. The van der Waals surface area contributed by atoms with Crippen LogP contribution in [0.3, 0.4) is 0 Å². The molecule has 2 aromatic rings. The number of hydrogen-bond acceptors (Lipinski definition) is 4. The summed E-state index contributed by atoms with van der Waals surface area (Å²) in [5.41, 5.74) is 12.8. The van der Waals surface area contributed by atoms with Gasteiger partial charge in [-0.15, -0.1) is 5.10 Å². The Kier molecular flexibility index (Phi) is 2.88. The number of carbonyl (C=O) groups excluding carboxylic acids is 1. The molecule has 2 rings (SSSR count). The Balaban J connectivity index is 2.30. The highest BCUT2D eigenvalue weighted by Gasteiger charge is 2.07. The van der Waals surface area contributed by atoms with Crippen LogP contribution in [0.15, 0.2) is 30.5 Å². The van der Waals surface area contributed by atoms with Crippen molar-refractivity contribution >= 4 is 5.91 Å². The number of amides is 1. The van der Waals surface area contributed by atoms with E-state index in [0.29, 0.717) is 0 Å². The third kappa shape index (κ3) is 2.31. The van der Waals surface area contributed by atoms with E-state index in [1.165, 1.54) is 10.9 Å². The number of carbonyl (C=O) groups is 1. The largest absolute Gasteiger partial charge is 0.364 e. The van der Waals surface area contributed by atoms with Gasteiger partial charge < -0.3 is 11.5 Å². The second-order valence-electron chi connectivity index (χ2n) is 3.79. The van der Waals surface area contributed by atoms with Gasteiger partial charge in [-0.05, 0) is 24.6 Å². The zero-order chi connectivity index (χ0) is 12.4. The number of hydrogen-bond donors (Lipinski definition) is 2. The summed E-state index contributed by atoms with van der Waals surface area (Å²) in [7, 11) is 0. The Morgan fingerprint density at radius 2 is 2.00 bits per heavy atom. The van der Waals surface area contributed by atoms with Crippen LogP contribution in [0.4, 0.5) is 0 Å². The molecule has 1 aromatic carbocycles. The van der Waals surface area contributed by atoms with Crippen molar-refractivity contribution in [3.8, 4) is 5.69 Å². The normalized spacial score (nSPS) is 12.4. The maximum absolute atomic E-state index is 10.9. The fraction of sp³-hybridized carbons (Fsp3) is 0.182. The van der Waals surface area contributed by atoms with Gasteiger partial charge >= 0.3 is 0 Å². The van der Waals surface area contributed by atoms with Crippen LogP contribution in [0, 0.1) is 0 Å². The van der Waals surface area contributed by atoms with Crippen LogP contribution >= 0.6 is 0 Å². The van der Waals surface area contributed by atoms with Gasteiger partial charge in [0.2, 0.25) is 0 Å². The molecule has 6 heteroatoms. The summed E-state index contributed by atoms with van der Waals surface area (Å²) < 4.78 is 1.49. The topological polar surface area (TPSA) is 99.8 Å². The molecule has 17 heavy (non-hydrogen) atoms. The lowest BCUT2D eigenvalue weighted by Crippen LogP contribution is -2.11. The van der Waals surface area contributed by atoms with Crippen molar-refractivity contribution < 1.29 is 4.79 Å². The molecule has 0 aliphatic heterocycles. The molecule has 0 fully saturated rings. The van der Waals surface area contributed by atoms with Gasteiger partial charge in [0.25, 0.3) is 5.91 Å². The van der Waals surface area contributed by atoms with Crippen molar-refractivity contribution in [2.24, 2.45) is 11.5 Å². The molecule has 6 nitrogen and oxygen atoms in total. The van der Waals surface area contributed by atoms with Crippen molar-refractivity contribution in [3.63, 3.8) is 0 Å². The molecule has 0 saturated heterocycles. The standard InChI is InChI=1S/C11H13N5O/c1-7(12)8-2-4-9(5-3-8)16-6-10(11(13)17)14-15-16/h2-7H,12H2,1H3,(H2,13,17)/t7-/m1/s1. The fourth-order valence-electron chi connectivity index (χ4n) is 1.43. The van der Waals surface area contributed by atoms with Crippen LogP contribution in [-0.2, 0) is 0 Å². The predicted molar refractivity (Wildman–Crippen MR) is 62.5 cm³/mol. The quantitative estimate of drug-likeness (QED) is 0.797. The summed E-state index contributed by atoms with van der Waals surface area (Å²) in [5.74, 6) is -0.594. The molecule has 1 atom stereocenters. The molecule has 0 aliphatic rings. The number of primary amides is 1. The van der Waals surface area contributed by atoms with Crippen LogP contribution in [-0.4, -0.2) is 20.9 Å². The summed E-state index contributed by atoms with van der Waals surface area (Å²) >= 11 is 0. The first-order chi connectivity index (χ1) is 8.08. The Bertz CT molecular complexity index is 529. The Labute approximate surface area is 98.2 Å². The van der Waals surface area contributed by atoms with Crippen LogP contribution in [0.1, 0.15) is 29.0 Å². The van der Waals surface area contributed by atoms with E-state index in [-0.39, 0.29) is 11.7 Å². The molecule has 0 unspecified atom stereocenters. The first kappa shape index (κ1) is 11.3. The molecule has 0 spiro atoms. The third-order valence-electron chi connectivity index (χ3n) is 2.43. The molecular formula is C11H13N5O. The van der Waals surface area contributed by atoms with E-state index in [4.69, 9.17) is 11.5 Å². The second-order valence-corrected chi connectivity index (χ2v) is 3.79. The fourth-order valence-corrected chi connectivity index (χ4v) is 1.43. The molecule has 1 aromatic heterocycles. The van der Waals surface area contributed by atoms with E-state index in [0.717, 1.165) is 11.3 Å². The summed E-state index contributed by atoms with van der Waals surface area (Å²) in [6, 6.07) is 7.52. The first-order valence-electron chi connectivity index (χ1n) is 5.16. The van der Waals surface area contributed by atoms with Crippen LogP contribution < -0.4 is 11.5 Å². The first-order valence-corrected chi connectivity index (χ1v) is 5.16. The van der Waals surface area contributed by atoms with Gasteiger partial charge in [0.05, 0.1) is 11.9 Å². The van der Waals surface area contributed by atoms with E-state index in [9.17, 15) is 4.79 Å². The lowest BCUT2D eigenvalue weighted by Gasteiger charge is -2.06. The van der Waals surface area contributed by atoms with Gasteiger partial charge in [-0.2, -0.15) is 0 Å². The summed E-state index contributed by atoms with van der Waals surface area (Å²) in [4.78, 5) is 10.9. The number of aromatic nitrogens is 3. The third-order valence-corrected chi connectivity index (χ3v) is 2.43. The zero-order valence-electron chi connectivity index (χ0n) is 9.37. The van der Waals surface area contributed by atoms with Gasteiger partial charge in [0, 0.05) is 6.04 Å². The molecule has 0 saturated carbocycles. The maximum atomic E-state index is 10.9. The molecular weight excluding hydrogens is 218 g/mol. The Hall–Kier alpha value is -2.21. The highest BCUT2D eigenvalue weighted by atomic mass is 16.1. The van der Waals surface area contributed by atoms with E-state index < -0.39 is 5.91 Å². The molecule has 4 N–H and O–H groups in total. The highest BCUT2D eigenvalue weighted by Crippen LogP contribution is 2.13. The van der Waals surface area contributed by atoms with Crippen molar-refractivity contribution in [1.82, 2.24) is 15.0 Å². The molecule has 1 amide bonds. The molecule has 0 aliphatic carbocycles. The van der Waals surface area contributed by atoms with E-state index in [2.05, 4.69) is 10.3 Å². The smallest absolute Gasteiger partial charge is 0.270 e. The average Bonchev–Trinajstić information content (AvgIpc) is 2.78. The van der Waals surface area contributed by atoms with Crippen molar-refractivity contribution in [3.05, 3.63) is 41.7 Å². The van der Waals surface area contributed by atoms with E-state index in [1.807, 2.05) is 31.2 Å². The lowest BCUT2D eigenvalue weighted by molar-refractivity contribution is 0.0995. The Morgan fingerprint density at radius 1 is 1.35 bits per heavy atom. The van der Waals surface area contributed by atoms with Gasteiger partial charge in [0.15, 0.2) is 5.69 Å². The maximum Gasteiger partial charge on any atom is 0.270 e. The van der Waals surface area contributed by atoms with Gasteiger partial charge in [0.1, 0.15) is 0 Å². The minimum absolute atomic E-state index is 0.0130. The SMILES string of the molecule is C[C@@H](N)c1ccc(-n2cc(C(N)=O)nn2)cc1. The minimum Gasteiger partial charge on any atom is -0.364 e. The van der Waals surface area contributed by atoms with Crippen LogP contribution in [0.25, 0.3) is 5.69 Å². The van der Waals surface area contributed by atoms with Crippen molar-refractivity contribution in [2.45, 2.75) is 13.0 Å². The Morgan fingerprint density at radius 3 is 2.47 bits per heavy atom. The summed E-state index contributed by atoms with van der Waals surface area (Å²) in [5, 5.41) is 7.48. The monoisotopic (exact) mass is 231 g/mol. The van der Waals surface area contributed by atoms with Gasteiger partial charge in [-0.1, -0.05) is 17.3 Å². The second kappa shape index (κ2) is 4.34. The molecule has 88 valence electrons. The summed E-state index contributed by atoms with van der Waals surface area (Å²) in [6.45, 7) is 1.91. The van der Waals surface area contributed by atoms with E-state index >= 15 is 0 Å². The minimum atomic E-state index is -0.594. The van der Waals surface area contributed by atoms with Crippen molar-refractivity contribution in [1.29, 1.82) is 0 Å². The number of rotatable bonds is 3. The number of nitrogens with two attached hydrogens (primary N) is 2. The highest BCUT2D eigenvalue weighted by molar-refractivity contribution is 5.90. The van der Waals surface area contributed by atoms with Crippen molar-refractivity contribution in [2.75, 3.05) is 0 Å². The van der Waals surface area contributed by atoms with Crippen LogP contribution in [0.2, 0.25) is 0 Å². The average molecular weight is 231 g/mol. The van der Waals surface area contributed by atoms with E-state index in [1.54, 1.807) is 0 Å².